The van der Waals surface area contributed by atoms with Crippen molar-refractivity contribution in [1.29, 1.82) is 0 Å². The summed E-state index contributed by atoms with van der Waals surface area (Å²) in [6, 6.07) is 19.2. The lowest BCUT2D eigenvalue weighted by atomic mass is 10.1. The van der Waals surface area contributed by atoms with Gasteiger partial charge >= 0.3 is 0 Å². The van der Waals surface area contributed by atoms with E-state index in [0.29, 0.717) is 32.8 Å². The lowest BCUT2D eigenvalue weighted by Gasteiger charge is -2.14. The number of amides is 2. The molecule has 2 amide bonds. The molecule has 0 bridgehead atoms. The molecule has 0 aliphatic carbocycles. The zero-order valence-electron chi connectivity index (χ0n) is 17.0. The van der Waals surface area contributed by atoms with Gasteiger partial charge < -0.3 is 9.47 Å². The molecule has 0 spiro atoms. The SMILES string of the molecule is COc1cc(C=C2C(=O)NN(c3ccccc3)C2=O)ccc1OCc1ccc(Cl)cc1Cl. The first-order valence-electron chi connectivity index (χ1n) is 9.63. The van der Waals surface area contributed by atoms with Gasteiger partial charge in [-0.1, -0.05) is 53.5 Å². The first-order valence-corrected chi connectivity index (χ1v) is 10.4. The van der Waals surface area contributed by atoms with E-state index in [1.54, 1.807) is 60.7 Å². The number of rotatable bonds is 6. The van der Waals surface area contributed by atoms with Gasteiger partial charge in [-0.2, -0.15) is 0 Å². The van der Waals surface area contributed by atoms with E-state index in [1.807, 2.05) is 6.07 Å². The average Bonchev–Trinajstić information content (AvgIpc) is 3.08. The van der Waals surface area contributed by atoms with Crippen molar-refractivity contribution in [1.82, 2.24) is 5.43 Å². The molecule has 0 unspecified atom stereocenters. The van der Waals surface area contributed by atoms with Crippen molar-refractivity contribution in [3.8, 4) is 11.5 Å². The number of hydrazine groups is 1. The van der Waals surface area contributed by atoms with Crippen LogP contribution in [0.2, 0.25) is 10.0 Å². The number of halogens is 2. The number of methoxy groups -OCH3 is 1. The Kier molecular flexibility index (Phi) is 6.35. The summed E-state index contributed by atoms with van der Waals surface area (Å²) < 4.78 is 11.3. The Bertz CT molecular complexity index is 1210. The van der Waals surface area contributed by atoms with E-state index in [0.717, 1.165) is 5.56 Å². The van der Waals surface area contributed by atoms with Gasteiger partial charge in [-0.3, -0.25) is 15.0 Å². The highest BCUT2D eigenvalue weighted by atomic mass is 35.5. The number of hydrogen-bond acceptors (Lipinski definition) is 4. The molecule has 0 aromatic heterocycles. The molecule has 162 valence electrons. The number of nitrogens with one attached hydrogen (secondary N) is 1. The van der Waals surface area contributed by atoms with Gasteiger partial charge in [-0.05, 0) is 48.0 Å². The van der Waals surface area contributed by atoms with E-state index in [2.05, 4.69) is 5.43 Å². The lowest BCUT2D eigenvalue weighted by Crippen LogP contribution is -2.35. The third-order valence-electron chi connectivity index (χ3n) is 4.80. The van der Waals surface area contributed by atoms with Crippen LogP contribution in [-0.2, 0) is 16.2 Å². The smallest absolute Gasteiger partial charge is 0.282 e. The summed E-state index contributed by atoms with van der Waals surface area (Å²) in [6.45, 7) is 0.222. The Labute approximate surface area is 194 Å². The quantitative estimate of drug-likeness (QED) is 0.406. The molecular formula is C24H18Cl2N2O4. The number of ether oxygens (including phenoxy) is 2. The zero-order chi connectivity index (χ0) is 22.7. The predicted molar refractivity (Wildman–Crippen MR) is 124 cm³/mol. The molecule has 8 heteroatoms. The number of para-hydroxylation sites is 1. The van der Waals surface area contributed by atoms with Crippen LogP contribution in [0.3, 0.4) is 0 Å². The third-order valence-corrected chi connectivity index (χ3v) is 5.39. The summed E-state index contributed by atoms with van der Waals surface area (Å²) >= 11 is 12.1. The summed E-state index contributed by atoms with van der Waals surface area (Å²) in [6.07, 6.45) is 1.52. The second-order valence-electron chi connectivity index (χ2n) is 6.91. The molecule has 1 saturated heterocycles. The highest BCUT2D eigenvalue weighted by Crippen LogP contribution is 2.31. The van der Waals surface area contributed by atoms with E-state index in [4.69, 9.17) is 32.7 Å². The van der Waals surface area contributed by atoms with Crippen LogP contribution < -0.4 is 19.9 Å². The first-order chi connectivity index (χ1) is 15.5. The van der Waals surface area contributed by atoms with Gasteiger partial charge in [0.15, 0.2) is 11.5 Å². The monoisotopic (exact) mass is 468 g/mol. The fraction of sp³-hybridized carbons (Fsp3) is 0.0833. The van der Waals surface area contributed by atoms with Crippen LogP contribution in [0.15, 0.2) is 72.3 Å². The van der Waals surface area contributed by atoms with Crippen LogP contribution >= 0.6 is 23.2 Å². The fourth-order valence-corrected chi connectivity index (χ4v) is 3.63. The lowest BCUT2D eigenvalue weighted by molar-refractivity contribution is -0.117. The number of carbonyl (C=O) groups is 2. The Morgan fingerprint density at radius 3 is 2.47 bits per heavy atom. The molecule has 0 radical (unpaired) electrons. The predicted octanol–water partition coefficient (Wildman–Crippen LogP) is 5.04. The van der Waals surface area contributed by atoms with Crippen LogP contribution in [-0.4, -0.2) is 18.9 Å². The molecule has 0 atom stereocenters. The van der Waals surface area contributed by atoms with Crippen LogP contribution in [0.5, 0.6) is 11.5 Å². The zero-order valence-corrected chi connectivity index (χ0v) is 18.5. The van der Waals surface area contributed by atoms with E-state index in [9.17, 15) is 9.59 Å². The molecule has 1 aliphatic rings. The molecule has 3 aromatic rings. The molecule has 4 rings (SSSR count). The first kappa shape index (κ1) is 21.7. The molecule has 3 aromatic carbocycles. The fourth-order valence-electron chi connectivity index (χ4n) is 3.17. The van der Waals surface area contributed by atoms with E-state index in [-0.39, 0.29) is 12.2 Å². The summed E-state index contributed by atoms with van der Waals surface area (Å²) in [5.41, 5.74) is 4.58. The van der Waals surface area contributed by atoms with Crippen LogP contribution in [0.1, 0.15) is 11.1 Å². The van der Waals surface area contributed by atoms with Gasteiger partial charge in [0.05, 0.1) is 12.8 Å². The molecule has 1 fully saturated rings. The average molecular weight is 469 g/mol. The minimum absolute atomic E-state index is 0.0255. The number of anilines is 1. The number of benzene rings is 3. The van der Waals surface area contributed by atoms with Gasteiger partial charge in [0.25, 0.3) is 11.8 Å². The van der Waals surface area contributed by atoms with Gasteiger partial charge in [-0.25, -0.2) is 5.01 Å². The Morgan fingerprint density at radius 2 is 1.75 bits per heavy atom. The van der Waals surface area contributed by atoms with Gasteiger partial charge in [0, 0.05) is 15.6 Å². The highest BCUT2D eigenvalue weighted by molar-refractivity contribution is 6.35. The standard InChI is InChI=1S/C24H18Cl2N2O4/c1-31-22-12-15(7-10-21(22)32-14-16-8-9-17(25)13-20(16)26)11-19-23(29)27-28(24(19)30)18-5-3-2-4-6-18/h2-13H,14H2,1H3,(H,27,29). The molecule has 1 heterocycles. The summed E-state index contributed by atoms with van der Waals surface area (Å²) in [7, 11) is 1.51. The number of nitrogens with zero attached hydrogens (tertiary/aromatic N) is 1. The van der Waals surface area contributed by atoms with Crippen molar-refractivity contribution in [2.75, 3.05) is 12.1 Å². The Morgan fingerprint density at radius 1 is 0.969 bits per heavy atom. The highest BCUT2D eigenvalue weighted by Gasteiger charge is 2.34. The number of carbonyl (C=O) groups excluding carboxylic acids is 2. The van der Waals surface area contributed by atoms with Gasteiger partial charge in [0.1, 0.15) is 12.2 Å². The van der Waals surface area contributed by atoms with Crippen molar-refractivity contribution >= 4 is 46.8 Å². The minimum Gasteiger partial charge on any atom is -0.493 e. The normalized spacial score (nSPS) is 14.6. The van der Waals surface area contributed by atoms with Gasteiger partial charge in [-0.15, -0.1) is 0 Å². The van der Waals surface area contributed by atoms with E-state index < -0.39 is 11.8 Å². The molecule has 6 nitrogen and oxygen atoms in total. The number of hydrogen-bond donors (Lipinski definition) is 1. The maximum atomic E-state index is 12.8. The maximum Gasteiger partial charge on any atom is 0.282 e. The minimum atomic E-state index is -0.476. The molecule has 1 N–H and O–H groups in total. The molecule has 32 heavy (non-hydrogen) atoms. The summed E-state index contributed by atoms with van der Waals surface area (Å²) in [5, 5.41) is 2.27. The maximum absolute atomic E-state index is 12.8. The Hall–Kier alpha value is -3.48. The van der Waals surface area contributed by atoms with Crippen molar-refractivity contribution in [2.45, 2.75) is 6.61 Å². The van der Waals surface area contributed by atoms with E-state index >= 15 is 0 Å². The Balaban J connectivity index is 1.54. The van der Waals surface area contributed by atoms with E-state index in [1.165, 1.54) is 18.2 Å². The summed E-state index contributed by atoms with van der Waals surface area (Å²) in [4.78, 5) is 25.1. The van der Waals surface area contributed by atoms with Crippen molar-refractivity contribution in [3.63, 3.8) is 0 Å². The third kappa shape index (κ3) is 4.56. The van der Waals surface area contributed by atoms with Crippen molar-refractivity contribution < 1.29 is 19.1 Å². The van der Waals surface area contributed by atoms with Crippen molar-refractivity contribution in [3.05, 3.63) is 93.5 Å². The second-order valence-corrected chi connectivity index (χ2v) is 7.75. The largest absolute Gasteiger partial charge is 0.493 e. The molecular weight excluding hydrogens is 451 g/mol. The molecule has 0 saturated carbocycles. The molecule has 1 aliphatic heterocycles. The van der Waals surface area contributed by atoms with Crippen LogP contribution in [0.4, 0.5) is 5.69 Å². The second kappa shape index (κ2) is 9.34. The van der Waals surface area contributed by atoms with Crippen molar-refractivity contribution in [2.24, 2.45) is 0 Å². The summed E-state index contributed by atoms with van der Waals surface area (Å²) in [5.74, 6) is 0.0392. The topological polar surface area (TPSA) is 67.9 Å². The van der Waals surface area contributed by atoms with Crippen LogP contribution in [0, 0.1) is 0 Å². The van der Waals surface area contributed by atoms with Gasteiger partial charge in [0.2, 0.25) is 0 Å². The van der Waals surface area contributed by atoms with Crippen LogP contribution in [0.25, 0.3) is 6.08 Å².